The molecular formula is C8H13N3O. The standard InChI is InChI=1S/C8H13N3O/c1-6(2)4-8-5-11(7(3)12)10-9-8/h5-6H,4H2,1-3H3. The molecular weight excluding hydrogens is 154 g/mol. The van der Waals surface area contributed by atoms with Crippen LogP contribution in [0.2, 0.25) is 0 Å². The monoisotopic (exact) mass is 167 g/mol. The summed E-state index contributed by atoms with van der Waals surface area (Å²) in [6.07, 6.45) is 2.55. The van der Waals surface area contributed by atoms with Crippen LogP contribution in [-0.2, 0) is 6.42 Å². The smallest absolute Gasteiger partial charge is 0.245 e. The zero-order valence-electron chi connectivity index (χ0n) is 7.61. The highest BCUT2D eigenvalue weighted by Gasteiger charge is 2.04. The fourth-order valence-electron chi connectivity index (χ4n) is 0.964. The van der Waals surface area contributed by atoms with Crippen molar-refractivity contribution in [2.45, 2.75) is 27.2 Å². The minimum absolute atomic E-state index is 0.0995. The topological polar surface area (TPSA) is 47.8 Å². The molecule has 0 N–H and O–H groups in total. The molecule has 0 aliphatic carbocycles. The molecule has 0 atom stereocenters. The van der Waals surface area contributed by atoms with Crippen LogP contribution in [0.1, 0.15) is 31.3 Å². The van der Waals surface area contributed by atoms with Gasteiger partial charge in [-0.05, 0) is 12.3 Å². The first-order valence-corrected chi connectivity index (χ1v) is 4.01. The van der Waals surface area contributed by atoms with Crippen molar-refractivity contribution in [3.05, 3.63) is 11.9 Å². The molecule has 0 bridgehead atoms. The third-order valence-electron chi connectivity index (χ3n) is 1.48. The quantitative estimate of drug-likeness (QED) is 0.663. The third-order valence-corrected chi connectivity index (χ3v) is 1.48. The fraction of sp³-hybridized carbons (Fsp3) is 0.625. The van der Waals surface area contributed by atoms with Gasteiger partial charge in [0.15, 0.2) is 0 Å². The summed E-state index contributed by atoms with van der Waals surface area (Å²) in [5.74, 6) is 0.444. The van der Waals surface area contributed by atoms with E-state index >= 15 is 0 Å². The molecule has 0 saturated heterocycles. The summed E-state index contributed by atoms with van der Waals surface area (Å²) < 4.78 is 1.26. The van der Waals surface area contributed by atoms with Crippen LogP contribution in [0.15, 0.2) is 6.20 Å². The molecule has 0 unspecified atom stereocenters. The summed E-state index contributed by atoms with van der Waals surface area (Å²) in [7, 11) is 0. The third kappa shape index (κ3) is 2.15. The molecule has 0 saturated carbocycles. The van der Waals surface area contributed by atoms with Crippen LogP contribution >= 0.6 is 0 Å². The van der Waals surface area contributed by atoms with E-state index in [2.05, 4.69) is 24.2 Å². The van der Waals surface area contributed by atoms with Crippen molar-refractivity contribution >= 4 is 5.91 Å². The Morgan fingerprint density at radius 2 is 2.33 bits per heavy atom. The predicted molar refractivity (Wildman–Crippen MR) is 44.9 cm³/mol. The van der Waals surface area contributed by atoms with Crippen molar-refractivity contribution in [1.29, 1.82) is 0 Å². The lowest BCUT2D eigenvalue weighted by molar-refractivity contribution is 0.0919. The average Bonchev–Trinajstić information content (AvgIpc) is 2.34. The maximum Gasteiger partial charge on any atom is 0.245 e. The Morgan fingerprint density at radius 1 is 1.67 bits per heavy atom. The Hall–Kier alpha value is -1.19. The second-order valence-corrected chi connectivity index (χ2v) is 3.27. The van der Waals surface area contributed by atoms with Gasteiger partial charge < -0.3 is 0 Å². The Kier molecular flexibility index (Phi) is 2.58. The summed E-state index contributed by atoms with van der Waals surface area (Å²) >= 11 is 0. The lowest BCUT2D eigenvalue weighted by Gasteiger charge is -1.97. The van der Waals surface area contributed by atoms with Gasteiger partial charge in [-0.1, -0.05) is 19.1 Å². The van der Waals surface area contributed by atoms with Gasteiger partial charge in [0.05, 0.1) is 11.9 Å². The number of aromatic nitrogens is 3. The van der Waals surface area contributed by atoms with Gasteiger partial charge in [-0.25, -0.2) is 0 Å². The Morgan fingerprint density at radius 3 is 2.75 bits per heavy atom. The van der Waals surface area contributed by atoms with Crippen LogP contribution in [-0.4, -0.2) is 20.9 Å². The SMILES string of the molecule is CC(=O)n1cc(CC(C)C)nn1. The first kappa shape index (κ1) is 8.90. The highest BCUT2D eigenvalue weighted by molar-refractivity contribution is 5.74. The number of hydrogen-bond acceptors (Lipinski definition) is 3. The van der Waals surface area contributed by atoms with E-state index in [4.69, 9.17) is 0 Å². The number of carbonyl (C=O) groups excluding carboxylic acids is 1. The number of carbonyl (C=O) groups is 1. The first-order valence-electron chi connectivity index (χ1n) is 4.01. The molecule has 1 aromatic rings. The van der Waals surface area contributed by atoms with E-state index in [1.165, 1.54) is 11.6 Å². The lowest BCUT2D eigenvalue weighted by Crippen LogP contribution is -2.05. The van der Waals surface area contributed by atoms with Gasteiger partial charge in [0.2, 0.25) is 5.91 Å². The molecule has 4 nitrogen and oxygen atoms in total. The van der Waals surface area contributed by atoms with Gasteiger partial charge >= 0.3 is 0 Å². The summed E-state index contributed by atoms with van der Waals surface area (Å²) in [5.41, 5.74) is 0.875. The maximum atomic E-state index is 10.8. The van der Waals surface area contributed by atoms with Gasteiger partial charge in [-0.3, -0.25) is 4.79 Å². The predicted octanol–water partition coefficient (Wildman–Crippen LogP) is 1.14. The van der Waals surface area contributed by atoms with Gasteiger partial charge in [-0.2, -0.15) is 4.68 Å². The minimum atomic E-state index is -0.0995. The number of rotatable bonds is 2. The van der Waals surface area contributed by atoms with Gasteiger partial charge in [-0.15, -0.1) is 5.10 Å². The second-order valence-electron chi connectivity index (χ2n) is 3.27. The molecule has 1 rings (SSSR count). The average molecular weight is 167 g/mol. The van der Waals surface area contributed by atoms with Crippen molar-refractivity contribution in [3.8, 4) is 0 Å². The second kappa shape index (κ2) is 3.47. The van der Waals surface area contributed by atoms with Crippen LogP contribution < -0.4 is 0 Å². The molecule has 66 valence electrons. The number of hydrogen-bond donors (Lipinski definition) is 0. The summed E-state index contributed by atoms with van der Waals surface area (Å²) in [4.78, 5) is 10.8. The zero-order valence-corrected chi connectivity index (χ0v) is 7.61. The van der Waals surface area contributed by atoms with E-state index in [1.807, 2.05) is 0 Å². The van der Waals surface area contributed by atoms with E-state index in [9.17, 15) is 4.79 Å². The first-order chi connectivity index (χ1) is 5.59. The molecule has 0 radical (unpaired) electrons. The lowest BCUT2D eigenvalue weighted by atomic mass is 10.1. The maximum absolute atomic E-state index is 10.8. The van der Waals surface area contributed by atoms with E-state index in [0.717, 1.165) is 12.1 Å². The summed E-state index contributed by atoms with van der Waals surface area (Å²) in [5, 5.41) is 7.56. The van der Waals surface area contributed by atoms with Crippen LogP contribution in [0.25, 0.3) is 0 Å². The molecule has 0 fully saturated rings. The van der Waals surface area contributed by atoms with E-state index in [-0.39, 0.29) is 5.91 Å². The van der Waals surface area contributed by atoms with E-state index in [1.54, 1.807) is 6.20 Å². The van der Waals surface area contributed by atoms with Crippen molar-refractivity contribution in [2.24, 2.45) is 5.92 Å². The number of nitrogens with zero attached hydrogens (tertiary/aromatic N) is 3. The van der Waals surface area contributed by atoms with E-state index in [0.29, 0.717) is 5.92 Å². The molecule has 0 amide bonds. The van der Waals surface area contributed by atoms with Crippen molar-refractivity contribution in [3.63, 3.8) is 0 Å². The molecule has 1 heterocycles. The van der Waals surface area contributed by atoms with E-state index < -0.39 is 0 Å². The van der Waals surface area contributed by atoms with Crippen LogP contribution in [0.4, 0.5) is 0 Å². The highest BCUT2D eigenvalue weighted by atomic mass is 16.2. The van der Waals surface area contributed by atoms with Gasteiger partial charge in [0, 0.05) is 6.92 Å². The summed E-state index contributed by atoms with van der Waals surface area (Å²) in [6, 6.07) is 0. The van der Waals surface area contributed by atoms with Crippen molar-refractivity contribution in [1.82, 2.24) is 15.0 Å². The zero-order chi connectivity index (χ0) is 9.14. The van der Waals surface area contributed by atoms with Gasteiger partial charge in [0.1, 0.15) is 0 Å². The molecule has 0 spiro atoms. The normalized spacial score (nSPS) is 10.7. The molecule has 12 heavy (non-hydrogen) atoms. The largest absolute Gasteiger partial charge is 0.273 e. The fourth-order valence-corrected chi connectivity index (χ4v) is 0.964. The van der Waals surface area contributed by atoms with Crippen LogP contribution in [0, 0.1) is 5.92 Å². The Bertz CT molecular complexity index is 278. The molecule has 0 aromatic carbocycles. The highest BCUT2D eigenvalue weighted by Crippen LogP contribution is 2.03. The van der Waals surface area contributed by atoms with Crippen LogP contribution in [0.3, 0.4) is 0 Å². The van der Waals surface area contributed by atoms with Crippen LogP contribution in [0.5, 0.6) is 0 Å². The molecule has 1 aromatic heterocycles. The molecule has 4 heteroatoms. The van der Waals surface area contributed by atoms with Gasteiger partial charge in [0.25, 0.3) is 0 Å². The van der Waals surface area contributed by atoms with Crippen molar-refractivity contribution < 1.29 is 4.79 Å². The van der Waals surface area contributed by atoms with Crippen molar-refractivity contribution in [2.75, 3.05) is 0 Å². The molecule has 0 aliphatic heterocycles. The Balaban J connectivity index is 2.71. The molecule has 0 aliphatic rings. The summed E-state index contributed by atoms with van der Waals surface area (Å²) in [6.45, 7) is 5.67. The Labute approximate surface area is 71.6 Å². The minimum Gasteiger partial charge on any atom is -0.273 e.